The lowest BCUT2D eigenvalue weighted by Gasteiger charge is -2.43. The van der Waals surface area contributed by atoms with Crippen LogP contribution in [0.25, 0.3) is 33.4 Å². The maximum atomic E-state index is 14.8. The number of fused-ring (bicyclic) bond motifs is 5. The Labute approximate surface area is 757 Å². The number of carbonyl (C=O) groups is 7. The van der Waals surface area contributed by atoms with Crippen LogP contribution in [0.3, 0.4) is 0 Å². The van der Waals surface area contributed by atoms with Crippen LogP contribution in [-0.4, -0.2) is 283 Å². The molecule has 3 fully saturated rings. The molecule has 4 aromatic heterocycles. The SMILES string of the molecule is CO[C@@H]1C[C@H](C[C@@H](C)[C@@H]2CC(=O)[C@H](C)/C=C(\C)[C@@H](O)[C@@H](OC)C(=O)[C@H](C)C[C@H](C)/C=C/C=C/C=C(\C)C(NC(C)=O)C[C@@H]3CC[C@@H](C)[C@@](O)(O3)C(=O)C(=O)N3CCCC[C@H]3C(=O)O2)CC[C@H]1OCCCCc1cn(CCOCCOCCOCCOCCOCCOCCOCCOCCC(=O)CCCCCn2nc(-c3ccc4oc(N)nc4c3)c3c(N)ncnc32)nn1. The molecule has 1 aromatic carbocycles. The monoisotopic (exact) mass is 1810 g/mol. The van der Waals surface area contributed by atoms with E-state index in [0.29, 0.717) is 222 Å². The number of nitrogens with one attached hydrogen (secondary N) is 1. The summed E-state index contributed by atoms with van der Waals surface area (Å²) >= 11 is 0. The molecule has 1 aliphatic carbocycles. The van der Waals surface area contributed by atoms with Crippen molar-refractivity contribution < 1.29 is 110 Å². The Morgan fingerprint density at radius 1 is 0.713 bits per heavy atom. The third-order valence-electron chi connectivity index (χ3n) is 24.5. The number of aliphatic hydroxyl groups is 2. The quantitative estimate of drug-likeness (QED) is 0.0105. The number of piperidine rings is 1. The van der Waals surface area contributed by atoms with E-state index in [1.54, 1.807) is 51.6 Å². The Hall–Kier alpha value is -8.53. The number of aryl methyl sites for hydroxylation is 2. The lowest BCUT2D eigenvalue weighted by molar-refractivity contribution is -0.264. The molecule has 1 unspecified atom stereocenters. The van der Waals surface area contributed by atoms with Gasteiger partial charge in [0.25, 0.3) is 17.7 Å². The smallest absolute Gasteiger partial charge is 0.329 e. The molecule has 9 rings (SSSR count). The predicted octanol–water partition coefficient (Wildman–Crippen LogP) is 9.77. The van der Waals surface area contributed by atoms with E-state index in [-0.39, 0.29) is 85.0 Å². The van der Waals surface area contributed by atoms with Crippen LogP contribution in [0.15, 0.2) is 82.7 Å². The summed E-state index contributed by atoms with van der Waals surface area (Å²) in [5.41, 5.74) is 17.3. The van der Waals surface area contributed by atoms with Gasteiger partial charge in [-0.1, -0.05) is 88.3 Å². The number of aliphatic hydroxyl groups excluding tert-OH is 1. The molecule has 0 radical (unpaired) electrons. The Bertz CT molecular complexity index is 4430. The molecule has 2 saturated heterocycles. The van der Waals surface area contributed by atoms with Crippen LogP contribution in [0, 0.1) is 35.5 Å². The number of cyclic esters (lactones) is 1. The Morgan fingerprint density at radius 2 is 1.40 bits per heavy atom. The van der Waals surface area contributed by atoms with Gasteiger partial charge in [0.2, 0.25) is 11.7 Å². The number of hydrogen-bond acceptors (Lipinski definition) is 31. The zero-order chi connectivity index (χ0) is 92.6. The summed E-state index contributed by atoms with van der Waals surface area (Å²) < 4.78 is 85.0. The van der Waals surface area contributed by atoms with Gasteiger partial charge < -0.3 is 97.9 Å². The van der Waals surface area contributed by atoms with Gasteiger partial charge >= 0.3 is 5.97 Å². The highest BCUT2D eigenvalue weighted by atomic mass is 16.6. The van der Waals surface area contributed by atoms with Gasteiger partial charge in [-0.15, -0.1) is 5.10 Å². The van der Waals surface area contributed by atoms with Gasteiger partial charge in [0.1, 0.15) is 59.3 Å². The molecule has 3 aliphatic heterocycles. The minimum atomic E-state index is -2.53. The van der Waals surface area contributed by atoms with E-state index in [1.807, 2.05) is 74.2 Å². The molecule has 716 valence electrons. The molecule has 129 heavy (non-hydrogen) atoms. The lowest BCUT2D eigenvalue weighted by atomic mass is 9.78. The van der Waals surface area contributed by atoms with Crippen molar-refractivity contribution in [2.45, 2.75) is 251 Å². The van der Waals surface area contributed by atoms with Crippen LogP contribution < -0.4 is 16.8 Å². The number of nitrogens with two attached hydrogens (primary N) is 2. The summed E-state index contributed by atoms with van der Waals surface area (Å²) in [5, 5.41) is 41.0. The number of nitrogens with zero attached hydrogens (tertiary/aromatic N) is 9. The predicted molar refractivity (Wildman–Crippen MR) is 480 cm³/mol. The number of ether oxygens (including phenoxy) is 13. The fourth-order valence-electron chi connectivity index (χ4n) is 17.0. The number of rotatable bonds is 46. The number of methoxy groups -OCH3 is 2. The summed E-state index contributed by atoms with van der Waals surface area (Å²) in [4.78, 5) is 112. The van der Waals surface area contributed by atoms with E-state index < -0.39 is 77.7 Å². The van der Waals surface area contributed by atoms with Crippen molar-refractivity contribution in [2.24, 2.45) is 35.5 Å². The molecule has 15 atom stereocenters. The molecule has 4 aliphatic rings. The zero-order valence-electron chi connectivity index (χ0n) is 77.4. The molecule has 35 heteroatoms. The summed E-state index contributed by atoms with van der Waals surface area (Å²) in [6.07, 6.45) is 20.4. The topological polar surface area (TPSA) is 448 Å². The van der Waals surface area contributed by atoms with Crippen LogP contribution in [0.2, 0.25) is 0 Å². The highest BCUT2D eigenvalue weighted by Crippen LogP contribution is 2.40. The largest absolute Gasteiger partial charge is 0.460 e. The number of unbranched alkanes of at least 4 members (excludes halogenated alkanes) is 3. The maximum Gasteiger partial charge on any atom is 0.329 e. The van der Waals surface area contributed by atoms with Gasteiger partial charge in [0.05, 0.1) is 148 Å². The number of Topliss-reactive ketones (excluding diaryl/α,β-unsaturated/α-hetero) is 4. The van der Waals surface area contributed by atoms with Crippen molar-refractivity contribution in [2.75, 3.05) is 145 Å². The van der Waals surface area contributed by atoms with Gasteiger partial charge in [-0.25, -0.2) is 24.1 Å². The highest BCUT2D eigenvalue weighted by molar-refractivity contribution is 6.39. The maximum absolute atomic E-state index is 14.8. The van der Waals surface area contributed by atoms with Gasteiger partial charge in [0, 0.05) is 89.6 Å². The number of esters is 1. The van der Waals surface area contributed by atoms with Crippen molar-refractivity contribution in [3.63, 3.8) is 0 Å². The van der Waals surface area contributed by atoms with Crippen molar-refractivity contribution >= 4 is 74.9 Å². The first-order valence-corrected chi connectivity index (χ1v) is 46.3. The van der Waals surface area contributed by atoms with E-state index in [1.165, 1.54) is 25.3 Å². The first-order valence-electron chi connectivity index (χ1n) is 46.3. The number of allylic oxidation sites excluding steroid dienone is 6. The van der Waals surface area contributed by atoms with E-state index in [2.05, 4.69) is 30.6 Å². The fourth-order valence-corrected chi connectivity index (χ4v) is 17.0. The van der Waals surface area contributed by atoms with Gasteiger partial charge in [-0.2, -0.15) is 10.1 Å². The third-order valence-corrected chi connectivity index (χ3v) is 24.5. The standard InChI is InChI=1S/C94H142N12O23/c1-62-21-13-11-14-22-63(2)75(99-69(8)107)58-74-29-26-68(7)94(115,129-74)88(112)91(113)105-33-19-16-25-77(105)92(114)127-81(59-78(109)64(3)54-67(6)86(111)87(117-10)85(110)66(5)53-62)65(4)55-70-27-30-80(82(56-70)116-9)126-36-20-17-23-72-60-104(103-101-72)35-38-119-40-42-121-44-46-123-48-50-125-52-51-124-49-47-122-45-43-120-41-39-118-37-32-73(108)24-15-12-18-34-106-90-83(89(95)97-61-98-90)84(102-106)71-28-31-79-76(57-71)100-93(96)128-79/h11,13-14,21-22,28,31,54,57,60-62,64-66,68,70,74-75,77,80-82,86-87,111,115H,12,15-20,23-27,29-30,32-53,55-56,58-59H2,1-10H3,(H2,96,100)(H,99,107)(H2,95,97,98)/b14-11+,21-13+,63-22+,67-54+/t62-,64-,65-,66-,68-,70+,74+,75?,77+,80-,81+,82-,86-,87+,94-/m1/s1. The molecule has 0 spiro atoms. The van der Waals surface area contributed by atoms with Crippen molar-refractivity contribution in [1.29, 1.82) is 0 Å². The molecular formula is C94H142N12O23. The van der Waals surface area contributed by atoms with E-state index >= 15 is 0 Å². The minimum absolute atomic E-state index is 0.0390. The van der Waals surface area contributed by atoms with Crippen molar-refractivity contribution in [3.8, 4) is 11.3 Å². The van der Waals surface area contributed by atoms with Gasteiger partial charge in [0.15, 0.2) is 17.0 Å². The first kappa shape index (κ1) is 104. The average molecular weight is 1810 g/mol. The number of benzene rings is 1. The highest BCUT2D eigenvalue weighted by Gasteiger charge is 2.53. The van der Waals surface area contributed by atoms with Crippen molar-refractivity contribution in [1.82, 2.24) is 49.9 Å². The second kappa shape index (κ2) is 55.1. The Balaban J connectivity index is 0.592. The Kier molecular flexibility index (Phi) is 44.5. The second-order valence-electron chi connectivity index (χ2n) is 34.7. The second-order valence-corrected chi connectivity index (χ2v) is 34.7. The fraction of sp³-hybridized carbons (Fsp3) is 0.691. The van der Waals surface area contributed by atoms with E-state index in [9.17, 15) is 43.8 Å². The number of ketones is 4. The normalized spacial score (nSPS) is 26.3. The van der Waals surface area contributed by atoms with E-state index in [0.717, 1.165) is 68.2 Å². The number of nitrogen functional groups attached to an aromatic ring is 2. The minimum Gasteiger partial charge on any atom is -0.460 e. The summed E-state index contributed by atoms with van der Waals surface area (Å²) in [7, 11) is 3.05. The number of aromatic nitrogens is 8. The molecule has 7 heterocycles. The number of oxazole rings is 1. The molecule has 1 saturated carbocycles. The lowest BCUT2D eigenvalue weighted by Crippen LogP contribution is -2.61. The third kappa shape index (κ3) is 33.3. The first-order chi connectivity index (χ1) is 62.2. The summed E-state index contributed by atoms with van der Waals surface area (Å²) in [6, 6.07) is 3.85. The number of carbonyl (C=O) groups excluding carboxylic acids is 7. The van der Waals surface area contributed by atoms with Crippen LogP contribution in [0.5, 0.6) is 0 Å². The molecule has 5 aromatic rings. The van der Waals surface area contributed by atoms with Gasteiger partial charge in [-0.05, 0) is 158 Å². The van der Waals surface area contributed by atoms with Crippen LogP contribution >= 0.6 is 0 Å². The van der Waals surface area contributed by atoms with Crippen LogP contribution in [-0.2, 0) is 115 Å². The number of amides is 2. The number of anilines is 2. The molecule has 2 amide bonds. The molecular weight excluding hydrogens is 1670 g/mol. The Morgan fingerprint density at radius 3 is 2.07 bits per heavy atom. The summed E-state index contributed by atoms with van der Waals surface area (Å²) in [5.74, 6) is -8.34. The van der Waals surface area contributed by atoms with Gasteiger partial charge in [-0.3, -0.25) is 28.8 Å². The molecule has 35 nitrogen and oxygen atoms in total. The zero-order valence-corrected chi connectivity index (χ0v) is 77.4. The van der Waals surface area contributed by atoms with Crippen LogP contribution in [0.1, 0.15) is 183 Å². The van der Waals surface area contributed by atoms with E-state index in [4.69, 9.17) is 82.6 Å². The summed E-state index contributed by atoms with van der Waals surface area (Å²) in [6.45, 7) is 22.4. The number of hydrogen-bond donors (Lipinski definition) is 5. The molecule has 2 bridgehead atoms. The average Bonchev–Trinajstić information content (AvgIpc) is 1.70. The van der Waals surface area contributed by atoms with Crippen molar-refractivity contribution in [3.05, 3.63) is 84.0 Å². The van der Waals surface area contributed by atoms with Crippen LogP contribution in [0.4, 0.5) is 11.8 Å². The molecule has 7 N–H and O–H groups in total.